The van der Waals surface area contributed by atoms with Crippen molar-refractivity contribution >= 4 is 11.4 Å². The molecule has 0 amide bonds. The molecule has 3 nitrogen and oxygen atoms in total. The first-order chi connectivity index (χ1) is 9.69. The Labute approximate surface area is 121 Å². The van der Waals surface area contributed by atoms with Gasteiger partial charge in [-0.15, -0.1) is 0 Å². The first kappa shape index (κ1) is 14.4. The van der Waals surface area contributed by atoms with Gasteiger partial charge >= 0.3 is 0 Å². The lowest BCUT2D eigenvalue weighted by Gasteiger charge is -2.26. The van der Waals surface area contributed by atoms with E-state index in [9.17, 15) is 0 Å². The van der Waals surface area contributed by atoms with Crippen LogP contribution < -0.4 is 15.4 Å². The van der Waals surface area contributed by atoms with Gasteiger partial charge < -0.3 is 15.4 Å². The van der Waals surface area contributed by atoms with Crippen molar-refractivity contribution in [3.05, 3.63) is 54.1 Å². The van der Waals surface area contributed by atoms with Crippen molar-refractivity contribution in [2.45, 2.75) is 19.4 Å². The van der Waals surface area contributed by atoms with Gasteiger partial charge in [0.25, 0.3) is 0 Å². The van der Waals surface area contributed by atoms with E-state index in [1.165, 1.54) is 0 Å². The van der Waals surface area contributed by atoms with Crippen LogP contribution in [0.5, 0.6) is 5.75 Å². The smallest absolute Gasteiger partial charge is 0.142 e. The van der Waals surface area contributed by atoms with E-state index in [1.807, 2.05) is 43.4 Å². The number of anilines is 2. The minimum atomic E-state index is 0.0448. The summed E-state index contributed by atoms with van der Waals surface area (Å²) in [7, 11) is 3.73. The van der Waals surface area contributed by atoms with Gasteiger partial charge in [0.15, 0.2) is 0 Å². The maximum absolute atomic E-state index is 6.22. The number of hydrogen-bond acceptors (Lipinski definition) is 3. The van der Waals surface area contributed by atoms with E-state index in [0.29, 0.717) is 0 Å². The zero-order valence-electron chi connectivity index (χ0n) is 12.3. The van der Waals surface area contributed by atoms with E-state index in [-0.39, 0.29) is 6.04 Å². The molecule has 0 aliphatic heterocycles. The number of nitrogens with zero attached hydrogens (tertiary/aromatic N) is 1. The summed E-state index contributed by atoms with van der Waals surface area (Å²) in [5, 5.41) is 0. The summed E-state index contributed by atoms with van der Waals surface area (Å²) in [6.07, 6.45) is 0.913. The topological polar surface area (TPSA) is 38.5 Å². The zero-order chi connectivity index (χ0) is 14.5. The number of nitrogens with two attached hydrogens (primary N) is 1. The molecule has 0 spiro atoms. The Hall–Kier alpha value is -2.00. The van der Waals surface area contributed by atoms with Gasteiger partial charge in [-0.3, -0.25) is 0 Å². The van der Waals surface area contributed by atoms with E-state index >= 15 is 0 Å². The Bertz CT molecular complexity index is 568. The summed E-state index contributed by atoms with van der Waals surface area (Å²) in [5.41, 5.74) is 9.53. The largest absolute Gasteiger partial charge is 0.495 e. The molecule has 0 aliphatic rings. The Morgan fingerprint density at radius 2 is 1.65 bits per heavy atom. The van der Waals surface area contributed by atoms with Crippen LogP contribution in [-0.4, -0.2) is 14.2 Å². The van der Waals surface area contributed by atoms with Crippen LogP contribution in [0.3, 0.4) is 0 Å². The van der Waals surface area contributed by atoms with Crippen molar-refractivity contribution in [2.24, 2.45) is 5.73 Å². The number of benzene rings is 2. The van der Waals surface area contributed by atoms with Gasteiger partial charge in [0.05, 0.1) is 12.8 Å². The average molecular weight is 270 g/mol. The molecule has 0 bridgehead atoms. The summed E-state index contributed by atoms with van der Waals surface area (Å²) in [4.78, 5) is 2.13. The fourth-order valence-corrected chi connectivity index (χ4v) is 2.36. The first-order valence-electron chi connectivity index (χ1n) is 6.90. The molecule has 0 fully saturated rings. The third kappa shape index (κ3) is 2.78. The van der Waals surface area contributed by atoms with Gasteiger partial charge in [-0.05, 0) is 30.2 Å². The number of ether oxygens (including phenoxy) is 1. The standard InChI is InChI=1S/C17H22N2O/c1-4-14(18)13-9-5-6-10-15(13)19(2)16-11-7-8-12-17(16)20-3/h5-12,14H,4,18H2,1-3H3/t14-/m0/s1. The Morgan fingerprint density at radius 1 is 1.05 bits per heavy atom. The van der Waals surface area contributed by atoms with Gasteiger partial charge in [-0.25, -0.2) is 0 Å². The Kier molecular flexibility index (Phi) is 4.64. The van der Waals surface area contributed by atoms with Crippen LogP contribution in [0.2, 0.25) is 0 Å². The van der Waals surface area contributed by atoms with Crippen molar-refractivity contribution in [1.82, 2.24) is 0 Å². The molecule has 20 heavy (non-hydrogen) atoms. The SMILES string of the molecule is CC[C@H](N)c1ccccc1N(C)c1ccccc1OC. The maximum Gasteiger partial charge on any atom is 0.142 e. The number of methoxy groups -OCH3 is 1. The molecule has 0 aliphatic carbocycles. The molecular formula is C17H22N2O. The van der Waals surface area contributed by atoms with Crippen molar-refractivity contribution in [1.29, 1.82) is 0 Å². The van der Waals surface area contributed by atoms with Gasteiger partial charge in [-0.1, -0.05) is 37.3 Å². The fourth-order valence-electron chi connectivity index (χ4n) is 2.36. The van der Waals surface area contributed by atoms with E-state index in [0.717, 1.165) is 29.1 Å². The summed E-state index contributed by atoms with van der Waals surface area (Å²) in [6, 6.07) is 16.3. The lowest BCUT2D eigenvalue weighted by atomic mass is 10.0. The lowest BCUT2D eigenvalue weighted by molar-refractivity contribution is 0.415. The molecule has 0 saturated heterocycles. The van der Waals surface area contributed by atoms with Gasteiger partial charge in [0.2, 0.25) is 0 Å². The van der Waals surface area contributed by atoms with Crippen molar-refractivity contribution in [3.63, 3.8) is 0 Å². The van der Waals surface area contributed by atoms with Crippen molar-refractivity contribution in [2.75, 3.05) is 19.1 Å². The van der Waals surface area contributed by atoms with Crippen molar-refractivity contribution < 1.29 is 4.74 Å². The van der Waals surface area contributed by atoms with E-state index in [2.05, 4.69) is 24.0 Å². The lowest BCUT2D eigenvalue weighted by Crippen LogP contribution is -2.17. The predicted molar refractivity (Wildman–Crippen MR) is 84.7 cm³/mol. The molecule has 3 heteroatoms. The van der Waals surface area contributed by atoms with Crippen LogP contribution in [-0.2, 0) is 0 Å². The van der Waals surface area contributed by atoms with Gasteiger partial charge in [0.1, 0.15) is 5.75 Å². The summed E-state index contributed by atoms with van der Waals surface area (Å²) in [5.74, 6) is 0.856. The molecule has 2 aromatic carbocycles. The normalized spacial score (nSPS) is 12.0. The van der Waals surface area contributed by atoms with Crippen molar-refractivity contribution in [3.8, 4) is 5.75 Å². The minimum Gasteiger partial charge on any atom is -0.495 e. The zero-order valence-corrected chi connectivity index (χ0v) is 12.3. The number of rotatable bonds is 5. The van der Waals surface area contributed by atoms with E-state index in [4.69, 9.17) is 10.5 Å². The summed E-state index contributed by atoms with van der Waals surface area (Å²) in [6.45, 7) is 2.10. The molecular weight excluding hydrogens is 248 g/mol. The van der Waals surface area contributed by atoms with Crippen LogP contribution >= 0.6 is 0 Å². The Balaban J connectivity index is 2.45. The third-order valence-electron chi connectivity index (χ3n) is 3.58. The van der Waals surface area contributed by atoms with Crippen LogP contribution in [0.1, 0.15) is 24.9 Å². The second-order valence-corrected chi connectivity index (χ2v) is 4.80. The molecule has 2 aromatic rings. The molecule has 0 aromatic heterocycles. The highest BCUT2D eigenvalue weighted by atomic mass is 16.5. The Morgan fingerprint density at radius 3 is 2.30 bits per heavy atom. The molecule has 1 atom stereocenters. The van der Waals surface area contributed by atoms with E-state index < -0.39 is 0 Å². The average Bonchev–Trinajstić information content (AvgIpc) is 2.53. The highest BCUT2D eigenvalue weighted by Gasteiger charge is 2.15. The molecule has 2 N–H and O–H groups in total. The highest BCUT2D eigenvalue weighted by Crippen LogP contribution is 2.35. The number of para-hydroxylation sites is 3. The summed E-state index contributed by atoms with van der Waals surface area (Å²) >= 11 is 0. The monoisotopic (exact) mass is 270 g/mol. The quantitative estimate of drug-likeness (QED) is 0.896. The molecule has 0 unspecified atom stereocenters. The number of hydrogen-bond donors (Lipinski definition) is 1. The van der Waals surface area contributed by atoms with Gasteiger partial charge in [0, 0.05) is 18.8 Å². The fraction of sp³-hybridized carbons (Fsp3) is 0.294. The predicted octanol–water partition coefficient (Wildman–Crippen LogP) is 3.87. The highest BCUT2D eigenvalue weighted by molar-refractivity contribution is 5.71. The molecule has 2 rings (SSSR count). The molecule has 106 valence electrons. The van der Waals surface area contributed by atoms with Crippen LogP contribution in [0.25, 0.3) is 0 Å². The van der Waals surface area contributed by atoms with E-state index in [1.54, 1.807) is 7.11 Å². The van der Waals surface area contributed by atoms with Crippen LogP contribution in [0, 0.1) is 0 Å². The van der Waals surface area contributed by atoms with Gasteiger partial charge in [-0.2, -0.15) is 0 Å². The second kappa shape index (κ2) is 6.44. The second-order valence-electron chi connectivity index (χ2n) is 4.80. The maximum atomic E-state index is 6.22. The molecule has 0 radical (unpaired) electrons. The third-order valence-corrected chi connectivity index (χ3v) is 3.58. The first-order valence-corrected chi connectivity index (χ1v) is 6.90. The van der Waals surface area contributed by atoms with Crippen LogP contribution in [0.15, 0.2) is 48.5 Å². The molecule has 0 heterocycles. The minimum absolute atomic E-state index is 0.0448. The summed E-state index contributed by atoms with van der Waals surface area (Å²) < 4.78 is 5.44. The van der Waals surface area contributed by atoms with Crippen LogP contribution in [0.4, 0.5) is 11.4 Å². The molecule has 0 saturated carbocycles.